The summed E-state index contributed by atoms with van der Waals surface area (Å²) in [6, 6.07) is 0.223. The molecule has 1 aromatic heterocycles. The van der Waals surface area contributed by atoms with E-state index in [0.29, 0.717) is 0 Å². The van der Waals surface area contributed by atoms with Gasteiger partial charge in [-0.2, -0.15) is 4.80 Å². The molecule has 0 bridgehead atoms. The predicted molar refractivity (Wildman–Crippen MR) is 49.5 cm³/mol. The van der Waals surface area contributed by atoms with Gasteiger partial charge in [-0.1, -0.05) is 24.4 Å². The maximum atomic E-state index is 10.6. The van der Waals surface area contributed by atoms with E-state index in [9.17, 15) is 4.79 Å². The number of carboxylic acids is 1. The molecular formula is C8H10ClN3O2. The van der Waals surface area contributed by atoms with Crippen LogP contribution < -0.4 is 0 Å². The van der Waals surface area contributed by atoms with Gasteiger partial charge in [0.2, 0.25) is 5.69 Å². The number of carboxylic acid groups (broad SMARTS) is 1. The van der Waals surface area contributed by atoms with Crippen LogP contribution in [0.3, 0.4) is 0 Å². The first kappa shape index (κ1) is 9.45. The fraction of sp³-hybridized carbons (Fsp3) is 0.625. The second-order valence-corrected chi connectivity index (χ2v) is 3.76. The van der Waals surface area contributed by atoms with Crippen molar-refractivity contribution in [1.29, 1.82) is 0 Å². The number of halogens is 1. The summed E-state index contributed by atoms with van der Waals surface area (Å²) >= 11 is 5.64. The van der Waals surface area contributed by atoms with Gasteiger partial charge in [-0.15, -0.1) is 10.2 Å². The smallest absolute Gasteiger partial charge is 0.359 e. The largest absolute Gasteiger partial charge is 0.476 e. The van der Waals surface area contributed by atoms with Crippen LogP contribution in [0.4, 0.5) is 0 Å². The third-order valence-corrected chi connectivity index (χ3v) is 2.70. The lowest BCUT2D eigenvalue weighted by molar-refractivity contribution is 0.0689. The Labute approximate surface area is 85.7 Å². The lowest BCUT2D eigenvalue weighted by Gasteiger charge is -2.05. The third-order valence-electron chi connectivity index (χ3n) is 2.44. The van der Waals surface area contributed by atoms with E-state index in [2.05, 4.69) is 10.2 Å². The standard InChI is InChI=1S/C8H10ClN3O2/c9-7-6(8(13)14)10-12(11-7)5-3-1-2-4-5/h5H,1-4H2,(H,13,14). The van der Waals surface area contributed by atoms with Crippen LogP contribution in [-0.4, -0.2) is 26.1 Å². The van der Waals surface area contributed by atoms with E-state index in [1.165, 1.54) is 4.80 Å². The summed E-state index contributed by atoms with van der Waals surface area (Å²) in [6.45, 7) is 0. The first-order chi connectivity index (χ1) is 6.68. The lowest BCUT2D eigenvalue weighted by Crippen LogP contribution is -2.09. The summed E-state index contributed by atoms with van der Waals surface area (Å²) < 4.78 is 0. The number of hydrogen-bond donors (Lipinski definition) is 1. The van der Waals surface area contributed by atoms with E-state index >= 15 is 0 Å². The van der Waals surface area contributed by atoms with Gasteiger partial charge in [0, 0.05) is 0 Å². The molecule has 0 aromatic carbocycles. The molecule has 5 nitrogen and oxygen atoms in total. The molecule has 0 spiro atoms. The maximum Gasteiger partial charge on any atom is 0.359 e. The molecule has 14 heavy (non-hydrogen) atoms. The Bertz CT molecular complexity index is 357. The maximum absolute atomic E-state index is 10.6. The van der Waals surface area contributed by atoms with Gasteiger partial charge >= 0.3 is 5.97 Å². The Morgan fingerprint density at radius 3 is 2.57 bits per heavy atom. The van der Waals surface area contributed by atoms with Crippen LogP contribution in [0.15, 0.2) is 0 Å². The van der Waals surface area contributed by atoms with Crippen molar-refractivity contribution in [3.63, 3.8) is 0 Å². The SMILES string of the molecule is O=C(O)c1nn(C2CCCC2)nc1Cl. The third kappa shape index (κ3) is 1.59. The monoisotopic (exact) mass is 215 g/mol. The van der Waals surface area contributed by atoms with E-state index in [1.54, 1.807) is 0 Å². The van der Waals surface area contributed by atoms with Crippen molar-refractivity contribution in [2.45, 2.75) is 31.7 Å². The molecular weight excluding hydrogens is 206 g/mol. The Morgan fingerprint density at radius 2 is 2.07 bits per heavy atom. The quantitative estimate of drug-likeness (QED) is 0.816. The van der Waals surface area contributed by atoms with E-state index in [0.717, 1.165) is 25.7 Å². The Morgan fingerprint density at radius 1 is 1.43 bits per heavy atom. The van der Waals surface area contributed by atoms with Crippen molar-refractivity contribution in [3.05, 3.63) is 10.8 Å². The summed E-state index contributed by atoms with van der Waals surface area (Å²) in [5, 5.41) is 16.5. The zero-order valence-corrected chi connectivity index (χ0v) is 8.24. The van der Waals surface area contributed by atoms with Crippen molar-refractivity contribution in [1.82, 2.24) is 15.0 Å². The molecule has 0 aliphatic heterocycles. The summed E-state index contributed by atoms with van der Waals surface area (Å²) in [6.07, 6.45) is 4.30. The highest BCUT2D eigenvalue weighted by atomic mass is 35.5. The van der Waals surface area contributed by atoms with Gasteiger partial charge in [0.1, 0.15) is 0 Å². The summed E-state index contributed by atoms with van der Waals surface area (Å²) in [7, 11) is 0. The molecule has 0 radical (unpaired) electrons. The zero-order valence-electron chi connectivity index (χ0n) is 7.48. The molecule has 1 saturated carbocycles. The highest BCUT2D eigenvalue weighted by molar-refractivity contribution is 6.31. The fourth-order valence-electron chi connectivity index (χ4n) is 1.73. The van der Waals surface area contributed by atoms with E-state index in [1.807, 2.05) is 0 Å². The van der Waals surface area contributed by atoms with Crippen LogP contribution in [0.25, 0.3) is 0 Å². The van der Waals surface area contributed by atoms with Crippen LogP contribution in [0.1, 0.15) is 42.2 Å². The van der Waals surface area contributed by atoms with Crippen molar-refractivity contribution in [3.8, 4) is 0 Å². The molecule has 1 N–H and O–H groups in total. The number of nitrogens with zero attached hydrogens (tertiary/aromatic N) is 3. The molecule has 2 rings (SSSR count). The van der Waals surface area contributed by atoms with Crippen LogP contribution in [0, 0.1) is 0 Å². The van der Waals surface area contributed by atoms with Crippen molar-refractivity contribution >= 4 is 17.6 Å². The number of aromatic nitrogens is 3. The van der Waals surface area contributed by atoms with Crippen LogP contribution in [0.2, 0.25) is 5.15 Å². The van der Waals surface area contributed by atoms with Gasteiger partial charge < -0.3 is 5.11 Å². The first-order valence-corrected chi connectivity index (χ1v) is 4.92. The second-order valence-electron chi connectivity index (χ2n) is 3.40. The van der Waals surface area contributed by atoms with Gasteiger partial charge in [-0.25, -0.2) is 4.79 Å². The molecule has 1 fully saturated rings. The van der Waals surface area contributed by atoms with Gasteiger partial charge in [-0.3, -0.25) is 0 Å². The average molecular weight is 216 g/mol. The molecule has 0 atom stereocenters. The second kappa shape index (κ2) is 3.57. The topological polar surface area (TPSA) is 68.0 Å². The minimum absolute atomic E-state index is 0.0237. The van der Waals surface area contributed by atoms with Crippen molar-refractivity contribution in [2.75, 3.05) is 0 Å². The Balaban J connectivity index is 2.27. The first-order valence-electron chi connectivity index (χ1n) is 4.54. The predicted octanol–water partition coefficient (Wildman–Crippen LogP) is 1.74. The number of aromatic carboxylic acids is 1. The average Bonchev–Trinajstić information content (AvgIpc) is 2.70. The van der Waals surface area contributed by atoms with Crippen LogP contribution in [-0.2, 0) is 0 Å². The van der Waals surface area contributed by atoms with E-state index < -0.39 is 5.97 Å². The summed E-state index contributed by atoms with van der Waals surface area (Å²) in [5.74, 6) is -1.13. The van der Waals surface area contributed by atoms with E-state index in [-0.39, 0.29) is 16.9 Å². The minimum Gasteiger partial charge on any atom is -0.476 e. The molecule has 1 heterocycles. The number of carbonyl (C=O) groups is 1. The van der Waals surface area contributed by atoms with Gasteiger partial charge in [-0.05, 0) is 12.8 Å². The number of hydrogen-bond acceptors (Lipinski definition) is 3. The van der Waals surface area contributed by atoms with Crippen molar-refractivity contribution < 1.29 is 9.90 Å². The van der Waals surface area contributed by atoms with Crippen LogP contribution in [0.5, 0.6) is 0 Å². The van der Waals surface area contributed by atoms with Gasteiger partial charge in [0.15, 0.2) is 5.15 Å². The fourth-order valence-corrected chi connectivity index (χ4v) is 1.93. The Hall–Kier alpha value is -1.10. The van der Waals surface area contributed by atoms with Crippen molar-refractivity contribution in [2.24, 2.45) is 0 Å². The Kier molecular flexibility index (Phi) is 2.41. The normalized spacial score (nSPS) is 17.5. The molecule has 1 aromatic rings. The molecule has 76 valence electrons. The van der Waals surface area contributed by atoms with E-state index in [4.69, 9.17) is 16.7 Å². The molecule has 0 amide bonds. The van der Waals surface area contributed by atoms with Gasteiger partial charge in [0.05, 0.1) is 6.04 Å². The molecule has 0 saturated heterocycles. The van der Waals surface area contributed by atoms with Gasteiger partial charge in [0.25, 0.3) is 0 Å². The molecule has 6 heteroatoms. The summed E-state index contributed by atoms with van der Waals surface area (Å²) in [5.41, 5.74) is -0.154. The molecule has 1 aliphatic carbocycles. The van der Waals surface area contributed by atoms with Crippen LogP contribution >= 0.6 is 11.6 Å². The molecule has 1 aliphatic rings. The molecule has 0 unspecified atom stereocenters. The summed E-state index contributed by atoms with van der Waals surface area (Å²) in [4.78, 5) is 12.1. The zero-order chi connectivity index (χ0) is 10.1. The highest BCUT2D eigenvalue weighted by Crippen LogP contribution is 2.28. The highest BCUT2D eigenvalue weighted by Gasteiger charge is 2.23. The minimum atomic E-state index is -1.13. The number of rotatable bonds is 2. The lowest BCUT2D eigenvalue weighted by atomic mass is 10.3.